The van der Waals surface area contributed by atoms with E-state index in [9.17, 15) is 13.2 Å². The quantitative estimate of drug-likeness (QED) is 0.643. The third-order valence-corrected chi connectivity index (χ3v) is 7.03. The molecule has 29 heavy (non-hydrogen) atoms. The lowest BCUT2D eigenvalue weighted by Gasteiger charge is -2.25. The number of carbonyl (C=O) groups excluding carboxylic acids is 1. The first-order valence-electron chi connectivity index (χ1n) is 9.38. The van der Waals surface area contributed by atoms with Gasteiger partial charge in [-0.3, -0.25) is 9.10 Å². The molecule has 1 aromatic heterocycles. The number of fused-ring (bicyclic) bond motifs is 1. The van der Waals surface area contributed by atoms with Gasteiger partial charge in [-0.2, -0.15) is 0 Å². The third kappa shape index (κ3) is 3.53. The minimum Gasteiger partial charge on any atom is -0.467 e. The van der Waals surface area contributed by atoms with Crippen LogP contribution < -0.4 is 4.31 Å². The highest BCUT2D eigenvalue weighted by Gasteiger charge is 2.36. The average Bonchev–Trinajstić information content (AvgIpc) is 3.34. The van der Waals surface area contributed by atoms with Crippen LogP contribution in [0.15, 0.2) is 76.2 Å². The van der Waals surface area contributed by atoms with Crippen LogP contribution >= 0.6 is 0 Å². The second-order valence-electron chi connectivity index (χ2n) is 7.25. The van der Waals surface area contributed by atoms with Gasteiger partial charge in [-0.25, -0.2) is 8.42 Å². The predicted octanol–water partition coefficient (Wildman–Crippen LogP) is 3.69. The molecule has 1 amide bonds. The van der Waals surface area contributed by atoms with Gasteiger partial charge in [0.25, 0.3) is 15.9 Å². The topological polar surface area (TPSA) is 70.8 Å². The summed E-state index contributed by atoms with van der Waals surface area (Å²) in [6, 6.07) is 17.1. The van der Waals surface area contributed by atoms with Gasteiger partial charge in [-0.1, -0.05) is 24.3 Å². The Morgan fingerprint density at radius 1 is 1.14 bits per heavy atom. The van der Waals surface area contributed by atoms with Crippen molar-refractivity contribution in [2.45, 2.75) is 30.8 Å². The molecule has 2 aromatic carbocycles. The molecule has 6 nitrogen and oxygen atoms in total. The Hall–Kier alpha value is -3.06. The van der Waals surface area contributed by atoms with E-state index in [2.05, 4.69) is 0 Å². The number of para-hydroxylation sites is 1. The fraction of sp³-hybridized carbons (Fsp3) is 0.227. The van der Waals surface area contributed by atoms with Crippen molar-refractivity contribution >= 4 is 21.6 Å². The number of furan rings is 1. The zero-order valence-corrected chi connectivity index (χ0v) is 17.1. The number of amides is 1. The minimum absolute atomic E-state index is 0.110. The minimum atomic E-state index is -3.79. The van der Waals surface area contributed by atoms with E-state index in [4.69, 9.17) is 4.42 Å². The van der Waals surface area contributed by atoms with Gasteiger partial charge in [0.15, 0.2) is 0 Å². The summed E-state index contributed by atoms with van der Waals surface area (Å²) < 4.78 is 33.5. The van der Waals surface area contributed by atoms with E-state index in [1.54, 1.807) is 37.6 Å². The molecule has 4 rings (SSSR count). The van der Waals surface area contributed by atoms with Crippen molar-refractivity contribution in [2.75, 3.05) is 11.4 Å². The van der Waals surface area contributed by atoms with Crippen molar-refractivity contribution in [1.29, 1.82) is 0 Å². The van der Waals surface area contributed by atoms with Crippen LogP contribution in [0, 0.1) is 0 Å². The zero-order valence-electron chi connectivity index (χ0n) is 16.3. The Balaban J connectivity index is 1.64. The molecule has 0 N–H and O–H groups in total. The maximum Gasteiger partial charge on any atom is 0.264 e. The highest BCUT2D eigenvalue weighted by molar-refractivity contribution is 7.92. The molecule has 1 aliphatic rings. The number of hydrogen-bond acceptors (Lipinski definition) is 4. The number of benzene rings is 2. The van der Waals surface area contributed by atoms with Crippen LogP contribution in [0.5, 0.6) is 0 Å². The van der Waals surface area contributed by atoms with Crippen molar-refractivity contribution in [1.82, 2.24) is 4.90 Å². The second kappa shape index (κ2) is 7.40. The van der Waals surface area contributed by atoms with E-state index in [0.29, 0.717) is 30.0 Å². The molecule has 0 spiro atoms. The first-order valence-corrected chi connectivity index (χ1v) is 10.8. The number of carbonyl (C=O) groups is 1. The molecule has 0 aliphatic carbocycles. The molecule has 0 saturated heterocycles. The van der Waals surface area contributed by atoms with E-state index in [1.165, 1.54) is 21.3 Å². The SMILES string of the molecule is CC1Cc2ccccc2N1S(=O)(=O)c1cccc(C(=O)N(C)Cc2ccco2)c1. The smallest absolute Gasteiger partial charge is 0.264 e. The Kier molecular flexibility index (Phi) is 4.92. The van der Waals surface area contributed by atoms with Gasteiger partial charge < -0.3 is 9.32 Å². The van der Waals surface area contributed by atoms with E-state index in [0.717, 1.165) is 5.56 Å². The molecule has 0 radical (unpaired) electrons. The van der Waals surface area contributed by atoms with Gasteiger partial charge in [-0.15, -0.1) is 0 Å². The Labute approximate surface area is 170 Å². The van der Waals surface area contributed by atoms with Crippen LogP contribution in [0.3, 0.4) is 0 Å². The molecule has 7 heteroatoms. The lowest BCUT2D eigenvalue weighted by molar-refractivity contribution is 0.0775. The number of hydrogen-bond donors (Lipinski definition) is 0. The third-order valence-electron chi connectivity index (χ3n) is 5.10. The average molecular weight is 410 g/mol. The molecule has 150 valence electrons. The van der Waals surface area contributed by atoms with E-state index in [1.807, 2.05) is 31.2 Å². The summed E-state index contributed by atoms with van der Waals surface area (Å²) >= 11 is 0. The summed E-state index contributed by atoms with van der Waals surface area (Å²) in [4.78, 5) is 14.4. The van der Waals surface area contributed by atoms with Crippen molar-refractivity contribution in [3.8, 4) is 0 Å². The van der Waals surface area contributed by atoms with E-state index < -0.39 is 10.0 Å². The Bertz CT molecular complexity index is 1140. The zero-order chi connectivity index (χ0) is 20.6. The number of anilines is 1. The van der Waals surface area contributed by atoms with Gasteiger partial charge in [0.05, 0.1) is 23.4 Å². The fourth-order valence-corrected chi connectivity index (χ4v) is 5.47. The molecule has 1 aliphatic heterocycles. The summed E-state index contributed by atoms with van der Waals surface area (Å²) in [5, 5.41) is 0. The normalized spacial score (nSPS) is 15.9. The predicted molar refractivity (Wildman–Crippen MR) is 110 cm³/mol. The summed E-state index contributed by atoms with van der Waals surface area (Å²) in [5.74, 6) is 0.389. The van der Waals surface area contributed by atoms with Crippen LogP contribution in [-0.2, 0) is 23.0 Å². The molecule has 0 saturated carbocycles. The first-order chi connectivity index (χ1) is 13.9. The maximum atomic E-state index is 13.4. The monoisotopic (exact) mass is 410 g/mol. The summed E-state index contributed by atoms with van der Waals surface area (Å²) in [5.41, 5.74) is 2.03. The molecule has 1 atom stereocenters. The van der Waals surface area contributed by atoms with Crippen molar-refractivity contribution in [3.63, 3.8) is 0 Å². The van der Waals surface area contributed by atoms with E-state index >= 15 is 0 Å². The summed E-state index contributed by atoms with van der Waals surface area (Å²) in [7, 11) is -2.13. The molecular formula is C22H22N2O4S. The van der Waals surface area contributed by atoms with Crippen LogP contribution in [-0.4, -0.2) is 32.3 Å². The van der Waals surface area contributed by atoms with Gasteiger partial charge in [0, 0.05) is 18.7 Å². The summed E-state index contributed by atoms with van der Waals surface area (Å²) in [6.07, 6.45) is 2.22. The molecule has 1 unspecified atom stereocenters. The number of rotatable bonds is 5. The maximum absolute atomic E-state index is 13.4. The van der Waals surface area contributed by atoms with Crippen molar-refractivity contribution < 1.29 is 17.6 Å². The van der Waals surface area contributed by atoms with Crippen LogP contribution in [0.25, 0.3) is 0 Å². The van der Waals surface area contributed by atoms with Crippen LogP contribution in [0.1, 0.15) is 28.6 Å². The van der Waals surface area contributed by atoms with Gasteiger partial charge in [-0.05, 0) is 55.3 Å². The van der Waals surface area contributed by atoms with E-state index in [-0.39, 0.29) is 16.8 Å². The highest BCUT2D eigenvalue weighted by atomic mass is 32.2. The fourth-order valence-electron chi connectivity index (χ4n) is 3.74. The molecule has 3 aromatic rings. The largest absolute Gasteiger partial charge is 0.467 e. The first kappa shape index (κ1) is 19.3. The van der Waals surface area contributed by atoms with Crippen LogP contribution in [0.4, 0.5) is 5.69 Å². The van der Waals surface area contributed by atoms with Gasteiger partial charge in [0.1, 0.15) is 5.76 Å². The number of nitrogens with zero attached hydrogens (tertiary/aromatic N) is 2. The van der Waals surface area contributed by atoms with Gasteiger partial charge in [0.2, 0.25) is 0 Å². The molecule has 2 heterocycles. The summed E-state index contributed by atoms with van der Waals surface area (Å²) in [6.45, 7) is 2.20. The van der Waals surface area contributed by atoms with Crippen molar-refractivity contribution in [3.05, 3.63) is 83.8 Å². The van der Waals surface area contributed by atoms with Crippen molar-refractivity contribution in [2.24, 2.45) is 0 Å². The number of sulfonamides is 1. The molecular weight excluding hydrogens is 388 g/mol. The van der Waals surface area contributed by atoms with Gasteiger partial charge >= 0.3 is 0 Å². The second-order valence-corrected chi connectivity index (χ2v) is 9.07. The lowest BCUT2D eigenvalue weighted by atomic mass is 10.1. The Morgan fingerprint density at radius 3 is 2.69 bits per heavy atom. The highest BCUT2D eigenvalue weighted by Crippen LogP contribution is 2.36. The standard InChI is InChI=1S/C22H22N2O4S/c1-16-13-17-7-3-4-11-21(17)24(16)29(26,27)20-10-5-8-18(14-20)22(25)23(2)15-19-9-6-12-28-19/h3-12,14,16H,13,15H2,1-2H3. The molecule has 0 fully saturated rings. The Morgan fingerprint density at radius 2 is 1.93 bits per heavy atom. The van der Waals surface area contributed by atoms with Crippen LogP contribution in [0.2, 0.25) is 0 Å². The molecule has 0 bridgehead atoms. The lowest BCUT2D eigenvalue weighted by Crippen LogP contribution is -2.36.